The summed E-state index contributed by atoms with van der Waals surface area (Å²) in [5.41, 5.74) is 1.19. The first-order valence-corrected chi connectivity index (χ1v) is 4.27. The van der Waals surface area contributed by atoms with Crippen LogP contribution < -0.4 is 4.57 Å². The van der Waals surface area contributed by atoms with Crippen LogP contribution in [-0.2, 0) is 22.9 Å². The van der Waals surface area contributed by atoms with Crippen LogP contribution in [0.4, 0.5) is 0 Å². The zero-order chi connectivity index (χ0) is 9.68. The van der Waals surface area contributed by atoms with Crippen molar-refractivity contribution in [3.63, 3.8) is 0 Å². The average molecular weight is 182 g/mol. The summed E-state index contributed by atoms with van der Waals surface area (Å²) in [6.07, 6.45) is 2.62. The number of ether oxygens (including phenoxy) is 2. The van der Waals surface area contributed by atoms with Crippen molar-refractivity contribution < 1.29 is 14.0 Å². The maximum absolute atomic E-state index is 5.12. The molecule has 0 amide bonds. The van der Waals surface area contributed by atoms with E-state index >= 15 is 0 Å². The van der Waals surface area contributed by atoms with Crippen LogP contribution in [-0.4, -0.2) is 20.5 Å². The number of nitrogens with zero attached hydrogens (tertiary/aromatic N) is 1. The third-order valence-electron chi connectivity index (χ3n) is 2.06. The predicted octanol–water partition coefficient (Wildman–Crippen LogP) is 0.672. The lowest BCUT2D eigenvalue weighted by molar-refractivity contribution is -0.679. The van der Waals surface area contributed by atoms with Crippen LogP contribution in [0.2, 0.25) is 0 Å². The van der Waals surface area contributed by atoms with Gasteiger partial charge in [-0.2, -0.15) is 0 Å². The van der Waals surface area contributed by atoms with Crippen LogP contribution in [0.3, 0.4) is 0 Å². The molecule has 0 fully saturated rings. The van der Waals surface area contributed by atoms with Gasteiger partial charge in [0, 0.05) is 26.4 Å². The molecule has 3 heteroatoms. The first kappa shape index (κ1) is 10.2. The topological polar surface area (TPSA) is 22.3 Å². The summed E-state index contributed by atoms with van der Waals surface area (Å²) in [4.78, 5) is 0. The van der Waals surface area contributed by atoms with Gasteiger partial charge in [-0.15, -0.1) is 0 Å². The molecular formula is C10H16NO2+. The number of pyridine rings is 1. The highest BCUT2D eigenvalue weighted by atomic mass is 16.7. The minimum Gasteiger partial charge on any atom is -0.355 e. The second kappa shape index (κ2) is 4.94. The molecule has 72 valence electrons. The van der Waals surface area contributed by atoms with E-state index in [0.717, 1.165) is 6.42 Å². The molecule has 3 nitrogen and oxygen atoms in total. The van der Waals surface area contributed by atoms with Crippen LogP contribution >= 0.6 is 0 Å². The Hall–Kier alpha value is -0.930. The summed E-state index contributed by atoms with van der Waals surface area (Å²) >= 11 is 0. The van der Waals surface area contributed by atoms with E-state index in [1.807, 2.05) is 25.4 Å². The normalized spacial score (nSPS) is 10.8. The lowest BCUT2D eigenvalue weighted by Crippen LogP contribution is -2.35. The SMILES string of the molecule is COC(Cc1cccc[n+]1C)OC. The molecule has 0 aromatic carbocycles. The number of hydrogen-bond donors (Lipinski definition) is 0. The molecule has 0 spiro atoms. The lowest BCUT2D eigenvalue weighted by atomic mass is 10.2. The highest BCUT2D eigenvalue weighted by molar-refractivity contribution is 4.97. The molecule has 1 aromatic heterocycles. The molecule has 0 saturated carbocycles. The minimum atomic E-state index is -0.159. The molecule has 1 aromatic rings. The highest BCUT2D eigenvalue weighted by Gasteiger charge is 2.12. The van der Waals surface area contributed by atoms with E-state index in [4.69, 9.17) is 9.47 Å². The summed E-state index contributed by atoms with van der Waals surface area (Å²) in [7, 11) is 5.31. The van der Waals surface area contributed by atoms with Gasteiger partial charge in [0.05, 0.1) is 6.42 Å². The Morgan fingerprint density at radius 3 is 2.54 bits per heavy atom. The van der Waals surface area contributed by atoms with Crippen molar-refractivity contribution in [3.8, 4) is 0 Å². The summed E-state index contributed by atoms with van der Waals surface area (Å²) in [6.45, 7) is 0. The quantitative estimate of drug-likeness (QED) is 0.504. The molecule has 0 unspecified atom stereocenters. The first-order valence-electron chi connectivity index (χ1n) is 4.27. The van der Waals surface area contributed by atoms with Crippen molar-refractivity contribution in [2.45, 2.75) is 12.7 Å². The second-order valence-corrected chi connectivity index (χ2v) is 2.91. The Labute approximate surface area is 78.9 Å². The number of aromatic nitrogens is 1. The lowest BCUT2D eigenvalue weighted by Gasteiger charge is -2.11. The molecule has 1 rings (SSSR count). The van der Waals surface area contributed by atoms with Crippen molar-refractivity contribution in [1.29, 1.82) is 0 Å². The van der Waals surface area contributed by atoms with Crippen molar-refractivity contribution >= 4 is 0 Å². The highest BCUT2D eigenvalue weighted by Crippen LogP contribution is 2.00. The first-order chi connectivity index (χ1) is 6.27. The Bertz CT molecular complexity index is 259. The van der Waals surface area contributed by atoms with Gasteiger partial charge in [-0.3, -0.25) is 0 Å². The van der Waals surface area contributed by atoms with E-state index in [2.05, 4.69) is 10.6 Å². The standard InChI is InChI=1S/C10H16NO2/c1-11-7-5-4-6-9(11)8-10(12-2)13-3/h4-7,10H,8H2,1-3H3/q+1. The molecular weight excluding hydrogens is 166 g/mol. The van der Waals surface area contributed by atoms with E-state index < -0.39 is 0 Å². The van der Waals surface area contributed by atoms with E-state index in [1.54, 1.807) is 14.2 Å². The van der Waals surface area contributed by atoms with E-state index in [1.165, 1.54) is 5.69 Å². The monoisotopic (exact) mass is 182 g/mol. The number of aryl methyl sites for hydroxylation is 1. The van der Waals surface area contributed by atoms with Gasteiger partial charge in [0.2, 0.25) is 0 Å². The van der Waals surface area contributed by atoms with E-state index in [9.17, 15) is 0 Å². The average Bonchev–Trinajstić information content (AvgIpc) is 2.17. The van der Waals surface area contributed by atoms with Crippen LogP contribution in [0.5, 0.6) is 0 Å². The zero-order valence-corrected chi connectivity index (χ0v) is 8.36. The van der Waals surface area contributed by atoms with Gasteiger partial charge in [-0.05, 0) is 0 Å². The maximum atomic E-state index is 5.12. The van der Waals surface area contributed by atoms with Gasteiger partial charge >= 0.3 is 0 Å². The zero-order valence-electron chi connectivity index (χ0n) is 8.36. The maximum Gasteiger partial charge on any atom is 0.186 e. The van der Waals surface area contributed by atoms with Crippen LogP contribution in [0.25, 0.3) is 0 Å². The summed E-state index contributed by atoms with van der Waals surface area (Å²) in [5.74, 6) is 0. The van der Waals surface area contributed by atoms with Crippen LogP contribution in [0.1, 0.15) is 5.69 Å². The predicted molar refractivity (Wildman–Crippen MR) is 49.1 cm³/mol. The molecule has 0 aliphatic carbocycles. The van der Waals surface area contributed by atoms with Crippen molar-refractivity contribution in [2.24, 2.45) is 7.05 Å². The minimum absolute atomic E-state index is 0.159. The molecule has 0 aliphatic rings. The van der Waals surface area contributed by atoms with Gasteiger partial charge in [0.25, 0.3) is 0 Å². The Balaban J connectivity index is 2.67. The number of rotatable bonds is 4. The number of hydrogen-bond acceptors (Lipinski definition) is 2. The van der Waals surface area contributed by atoms with Crippen LogP contribution in [0.15, 0.2) is 24.4 Å². The molecule has 0 atom stereocenters. The smallest absolute Gasteiger partial charge is 0.186 e. The summed E-state index contributed by atoms with van der Waals surface area (Å²) in [5, 5.41) is 0. The largest absolute Gasteiger partial charge is 0.355 e. The molecule has 0 N–H and O–H groups in total. The molecule has 13 heavy (non-hydrogen) atoms. The van der Waals surface area contributed by atoms with Gasteiger partial charge in [-0.25, -0.2) is 4.57 Å². The fourth-order valence-electron chi connectivity index (χ4n) is 1.20. The fraction of sp³-hybridized carbons (Fsp3) is 0.500. The van der Waals surface area contributed by atoms with Crippen molar-refractivity contribution in [3.05, 3.63) is 30.1 Å². The molecule has 0 bridgehead atoms. The van der Waals surface area contributed by atoms with Crippen LogP contribution in [0, 0.1) is 0 Å². The molecule has 0 radical (unpaired) electrons. The Morgan fingerprint density at radius 2 is 2.00 bits per heavy atom. The van der Waals surface area contributed by atoms with Crippen molar-refractivity contribution in [2.75, 3.05) is 14.2 Å². The summed E-state index contributed by atoms with van der Waals surface area (Å²) in [6, 6.07) is 6.07. The second-order valence-electron chi connectivity index (χ2n) is 2.91. The van der Waals surface area contributed by atoms with Gasteiger partial charge in [0.1, 0.15) is 7.05 Å². The Morgan fingerprint density at radius 1 is 1.31 bits per heavy atom. The van der Waals surface area contributed by atoms with E-state index in [0.29, 0.717) is 0 Å². The van der Waals surface area contributed by atoms with Gasteiger partial charge < -0.3 is 9.47 Å². The number of methoxy groups -OCH3 is 2. The molecule has 1 heterocycles. The molecule has 0 saturated heterocycles. The summed E-state index contributed by atoms with van der Waals surface area (Å²) < 4.78 is 12.3. The molecule has 0 aliphatic heterocycles. The fourth-order valence-corrected chi connectivity index (χ4v) is 1.20. The van der Waals surface area contributed by atoms with E-state index in [-0.39, 0.29) is 6.29 Å². The van der Waals surface area contributed by atoms with Gasteiger partial charge in [-0.1, -0.05) is 6.07 Å². The Kier molecular flexibility index (Phi) is 3.86. The third kappa shape index (κ3) is 2.79. The third-order valence-corrected chi connectivity index (χ3v) is 2.06. The van der Waals surface area contributed by atoms with Crippen molar-refractivity contribution in [1.82, 2.24) is 0 Å². The van der Waals surface area contributed by atoms with Gasteiger partial charge in [0.15, 0.2) is 18.2 Å².